The van der Waals surface area contributed by atoms with Gasteiger partial charge in [0.1, 0.15) is 0 Å². The lowest BCUT2D eigenvalue weighted by Crippen LogP contribution is -1.90. The molecule has 4 nitrogen and oxygen atoms in total. The van der Waals surface area contributed by atoms with Gasteiger partial charge in [-0.15, -0.1) is 0 Å². The minimum atomic E-state index is 0.361. The third kappa shape index (κ3) is 1.67. The molecular weight excluding hydrogens is 122 g/mol. The van der Waals surface area contributed by atoms with Gasteiger partial charge < -0.3 is 4.89 Å². The van der Waals surface area contributed by atoms with E-state index in [9.17, 15) is 0 Å². The predicted molar refractivity (Wildman–Crippen MR) is 28.6 cm³/mol. The van der Waals surface area contributed by atoms with Gasteiger partial charge in [0.05, 0.1) is 6.20 Å². The highest BCUT2D eigenvalue weighted by molar-refractivity contribution is 5.14. The topological polar surface area (TPSA) is 51.6 Å². The van der Waals surface area contributed by atoms with E-state index in [2.05, 4.69) is 14.9 Å². The van der Waals surface area contributed by atoms with Crippen molar-refractivity contribution in [2.75, 3.05) is 0 Å². The monoisotopic (exact) mass is 127 g/mol. The van der Waals surface area contributed by atoms with Crippen LogP contribution < -0.4 is 4.89 Å². The van der Waals surface area contributed by atoms with Crippen LogP contribution >= 0.6 is 0 Å². The maximum Gasteiger partial charge on any atom is 0.186 e. The molecule has 0 aromatic carbocycles. The molecule has 0 spiro atoms. The highest BCUT2D eigenvalue weighted by Crippen LogP contribution is 2.04. The standard InChI is InChI=1S/C5H5NO3/c7-9-8-5-2-1-3-6-4-5/h1-4,7H. The summed E-state index contributed by atoms with van der Waals surface area (Å²) in [6.07, 6.45) is 3.00. The van der Waals surface area contributed by atoms with Crippen LogP contribution in [0.3, 0.4) is 0 Å². The zero-order valence-corrected chi connectivity index (χ0v) is 4.52. The van der Waals surface area contributed by atoms with Gasteiger partial charge in [0.15, 0.2) is 5.75 Å². The summed E-state index contributed by atoms with van der Waals surface area (Å²) in [6, 6.07) is 3.26. The van der Waals surface area contributed by atoms with Crippen LogP contribution in [0.1, 0.15) is 0 Å². The minimum absolute atomic E-state index is 0.361. The van der Waals surface area contributed by atoms with Gasteiger partial charge in [0.2, 0.25) is 0 Å². The molecule has 0 fully saturated rings. The van der Waals surface area contributed by atoms with Crippen LogP contribution in [0.15, 0.2) is 24.5 Å². The molecule has 0 amide bonds. The first-order valence-electron chi connectivity index (χ1n) is 2.31. The summed E-state index contributed by atoms with van der Waals surface area (Å²) in [5.74, 6) is 0.361. The van der Waals surface area contributed by atoms with Crippen molar-refractivity contribution in [1.82, 2.24) is 4.98 Å². The largest absolute Gasteiger partial charge is 0.307 e. The van der Waals surface area contributed by atoms with Crippen LogP contribution in [0.25, 0.3) is 0 Å². The van der Waals surface area contributed by atoms with Crippen LogP contribution in [0.4, 0.5) is 0 Å². The Morgan fingerprint density at radius 2 is 2.44 bits per heavy atom. The molecule has 1 aromatic heterocycles. The van der Waals surface area contributed by atoms with Crippen molar-refractivity contribution in [2.24, 2.45) is 0 Å². The third-order valence-corrected chi connectivity index (χ3v) is 0.768. The van der Waals surface area contributed by atoms with E-state index in [4.69, 9.17) is 5.26 Å². The summed E-state index contributed by atoms with van der Waals surface area (Å²) in [5, 5.41) is 11.2. The first-order valence-corrected chi connectivity index (χ1v) is 2.31. The molecule has 0 saturated heterocycles. The van der Waals surface area contributed by atoms with Crippen LogP contribution in [-0.2, 0) is 5.04 Å². The lowest BCUT2D eigenvalue weighted by atomic mass is 10.5. The maximum atomic E-state index is 7.77. The van der Waals surface area contributed by atoms with Gasteiger partial charge in [0.25, 0.3) is 0 Å². The molecule has 0 aliphatic carbocycles. The molecule has 0 aliphatic heterocycles. The molecule has 0 atom stereocenters. The second-order valence-electron chi connectivity index (χ2n) is 1.35. The number of rotatable bonds is 2. The van der Waals surface area contributed by atoms with E-state index in [1.165, 1.54) is 6.20 Å². The molecule has 4 heteroatoms. The van der Waals surface area contributed by atoms with Gasteiger partial charge in [-0.05, 0) is 17.2 Å². The zero-order chi connectivity index (χ0) is 6.53. The van der Waals surface area contributed by atoms with Crippen molar-refractivity contribution >= 4 is 0 Å². The molecule has 0 unspecified atom stereocenters. The number of aromatic nitrogens is 1. The third-order valence-electron chi connectivity index (χ3n) is 0.768. The van der Waals surface area contributed by atoms with Crippen molar-refractivity contribution in [2.45, 2.75) is 0 Å². The highest BCUT2D eigenvalue weighted by atomic mass is 17.5. The Hall–Kier alpha value is -1.13. The number of hydrogen-bond donors (Lipinski definition) is 1. The van der Waals surface area contributed by atoms with E-state index in [1.54, 1.807) is 18.3 Å². The summed E-state index contributed by atoms with van der Waals surface area (Å²) in [5.41, 5.74) is 0. The second kappa shape index (κ2) is 3.01. The van der Waals surface area contributed by atoms with Gasteiger partial charge in [-0.3, -0.25) is 4.98 Å². The van der Waals surface area contributed by atoms with E-state index in [-0.39, 0.29) is 0 Å². The number of pyridine rings is 1. The minimum Gasteiger partial charge on any atom is -0.307 e. The van der Waals surface area contributed by atoms with E-state index in [0.29, 0.717) is 5.75 Å². The van der Waals surface area contributed by atoms with Crippen LogP contribution in [-0.4, -0.2) is 10.2 Å². The quantitative estimate of drug-likeness (QED) is 0.473. The van der Waals surface area contributed by atoms with Crippen molar-refractivity contribution in [3.05, 3.63) is 24.5 Å². The molecule has 1 rings (SSSR count). The van der Waals surface area contributed by atoms with Gasteiger partial charge >= 0.3 is 0 Å². The molecule has 0 radical (unpaired) electrons. The van der Waals surface area contributed by atoms with E-state index in [1.807, 2.05) is 0 Å². The number of nitrogens with zero attached hydrogens (tertiary/aromatic N) is 1. The number of hydrogen-bond acceptors (Lipinski definition) is 4. The van der Waals surface area contributed by atoms with Gasteiger partial charge in [0, 0.05) is 6.20 Å². The Morgan fingerprint density at radius 3 is 3.00 bits per heavy atom. The normalized spacial score (nSPS) is 9.00. The van der Waals surface area contributed by atoms with E-state index >= 15 is 0 Å². The molecular formula is C5H5NO3. The molecule has 0 saturated carbocycles. The Kier molecular flexibility index (Phi) is 2.00. The summed E-state index contributed by atoms with van der Waals surface area (Å²) in [6.45, 7) is 0. The van der Waals surface area contributed by atoms with Crippen molar-refractivity contribution in [3.8, 4) is 5.75 Å². The van der Waals surface area contributed by atoms with Gasteiger partial charge in [-0.25, -0.2) is 5.26 Å². The Balaban J connectivity index is 2.61. The average molecular weight is 127 g/mol. The summed E-state index contributed by atoms with van der Waals surface area (Å²) >= 11 is 0. The average Bonchev–Trinajstić information content (AvgIpc) is 1.91. The van der Waals surface area contributed by atoms with E-state index in [0.717, 1.165) is 0 Å². The van der Waals surface area contributed by atoms with Crippen molar-refractivity contribution in [1.29, 1.82) is 0 Å². The zero-order valence-electron chi connectivity index (χ0n) is 4.52. The smallest absolute Gasteiger partial charge is 0.186 e. The van der Waals surface area contributed by atoms with Crippen molar-refractivity contribution in [3.63, 3.8) is 0 Å². The molecule has 0 bridgehead atoms. The summed E-state index contributed by atoms with van der Waals surface area (Å²) < 4.78 is 0. The fourth-order valence-corrected chi connectivity index (χ4v) is 0.439. The molecule has 48 valence electrons. The first-order chi connectivity index (χ1) is 4.43. The molecule has 1 aromatic rings. The molecule has 9 heavy (non-hydrogen) atoms. The Bertz CT molecular complexity index is 165. The lowest BCUT2D eigenvalue weighted by Gasteiger charge is -1.93. The molecule has 1 N–H and O–H groups in total. The van der Waals surface area contributed by atoms with Gasteiger partial charge in [-0.2, -0.15) is 0 Å². The summed E-state index contributed by atoms with van der Waals surface area (Å²) in [7, 11) is 0. The Morgan fingerprint density at radius 1 is 1.56 bits per heavy atom. The van der Waals surface area contributed by atoms with Crippen molar-refractivity contribution < 1.29 is 15.2 Å². The highest BCUT2D eigenvalue weighted by Gasteiger charge is 1.88. The fourth-order valence-electron chi connectivity index (χ4n) is 0.439. The molecule has 0 aliphatic rings. The van der Waals surface area contributed by atoms with Crippen LogP contribution in [0.5, 0.6) is 5.75 Å². The maximum absolute atomic E-state index is 7.77. The SMILES string of the molecule is OOOc1cccnc1. The fraction of sp³-hybridized carbons (Fsp3) is 0. The second-order valence-corrected chi connectivity index (χ2v) is 1.35. The Labute approximate surface area is 51.5 Å². The first kappa shape index (κ1) is 6.00. The summed E-state index contributed by atoms with van der Waals surface area (Å²) in [4.78, 5) is 7.89. The van der Waals surface area contributed by atoms with Crippen LogP contribution in [0.2, 0.25) is 0 Å². The molecule has 1 heterocycles. The van der Waals surface area contributed by atoms with Crippen LogP contribution in [0, 0.1) is 0 Å². The van der Waals surface area contributed by atoms with E-state index < -0.39 is 0 Å². The lowest BCUT2D eigenvalue weighted by molar-refractivity contribution is -0.438. The predicted octanol–water partition coefficient (Wildman–Crippen LogP) is 0.865. The van der Waals surface area contributed by atoms with Gasteiger partial charge in [-0.1, -0.05) is 0 Å².